The molecule has 0 radical (unpaired) electrons. The van der Waals surface area contributed by atoms with Gasteiger partial charge in [0.15, 0.2) is 5.65 Å². The number of hydrogen-bond acceptors (Lipinski definition) is 11. The van der Waals surface area contributed by atoms with Crippen molar-refractivity contribution in [3.8, 4) is 0 Å². The van der Waals surface area contributed by atoms with Crippen molar-refractivity contribution in [3.63, 3.8) is 0 Å². The molecule has 0 saturated carbocycles. The van der Waals surface area contributed by atoms with Crippen LogP contribution in [0.2, 0.25) is 0 Å². The van der Waals surface area contributed by atoms with Crippen molar-refractivity contribution in [1.29, 1.82) is 0 Å². The quantitative estimate of drug-likeness (QED) is 0.174. The zero-order chi connectivity index (χ0) is 42.0. The Morgan fingerprint density at radius 3 is 2.41 bits per heavy atom. The van der Waals surface area contributed by atoms with Crippen molar-refractivity contribution >= 4 is 57.3 Å². The first-order chi connectivity index (χ1) is 29.7. The molecule has 7 heterocycles. The van der Waals surface area contributed by atoms with Gasteiger partial charge < -0.3 is 30.7 Å². The lowest BCUT2D eigenvalue weighted by atomic mass is 9.94. The van der Waals surface area contributed by atoms with E-state index in [9.17, 15) is 23.6 Å². The third-order valence-corrected chi connectivity index (χ3v) is 12.7. The molecule has 3 N–H and O–H groups in total. The lowest BCUT2D eigenvalue weighted by molar-refractivity contribution is 0.0934. The number of hydrogen-bond donors (Lipinski definition) is 3. The Hall–Kier alpha value is -6.41. The first kappa shape index (κ1) is 40.0. The van der Waals surface area contributed by atoms with Gasteiger partial charge in [-0.3, -0.25) is 18.7 Å². The van der Waals surface area contributed by atoms with Gasteiger partial charge in [0, 0.05) is 75.7 Å². The fourth-order valence-corrected chi connectivity index (χ4v) is 9.22. The fourth-order valence-electron chi connectivity index (χ4n) is 9.22. The standard InChI is InChI=1S/C44H47F2N11O4/c45-30-9-18-55(19-10-30)41-22-38-29(20-39(41)50-44(61)35-2-1-13-56-27-47-51-42(35)56)24-57(52-38)32-11-14-53(15-12-32)23-28-7-16-54(17-8-28)33-4-5-34(36(46)21-33)43(60)49-37-6-3-31(25-58)48-40(37)26-59/h1-2,4-5,13,20-22,24,27-28,30,32,37,48H,3,6-12,14-19,23H2,(H,49,60)(H,50,61)/t37-/m0/s1. The Morgan fingerprint density at radius 2 is 1.66 bits per heavy atom. The number of pyridine rings is 1. The molecule has 17 heteroatoms. The van der Waals surface area contributed by atoms with E-state index in [2.05, 4.69) is 51.7 Å². The minimum atomic E-state index is -0.831. The largest absolute Gasteiger partial charge is 0.371 e. The van der Waals surface area contributed by atoms with Gasteiger partial charge in [0.05, 0.1) is 40.1 Å². The van der Waals surface area contributed by atoms with Crippen LogP contribution in [0.1, 0.15) is 78.1 Å². The van der Waals surface area contributed by atoms with Crippen LogP contribution in [0.4, 0.5) is 25.8 Å². The van der Waals surface area contributed by atoms with Gasteiger partial charge in [0.2, 0.25) is 0 Å². The summed E-state index contributed by atoms with van der Waals surface area (Å²) in [5, 5.41) is 22.5. The van der Waals surface area contributed by atoms with Crippen LogP contribution in [-0.4, -0.2) is 111 Å². The lowest BCUT2D eigenvalue weighted by Crippen LogP contribution is -2.44. The number of anilines is 3. The molecule has 2 aromatic carbocycles. The monoisotopic (exact) mass is 831 g/mol. The summed E-state index contributed by atoms with van der Waals surface area (Å²) >= 11 is 0. The van der Waals surface area contributed by atoms with Gasteiger partial charge in [-0.1, -0.05) is 0 Å². The van der Waals surface area contributed by atoms with E-state index in [0.29, 0.717) is 61.6 Å². The van der Waals surface area contributed by atoms with Crippen molar-refractivity contribution in [1.82, 2.24) is 39.9 Å². The van der Waals surface area contributed by atoms with Crippen LogP contribution in [-0.2, 0) is 9.59 Å². The average molecular weight is 832 g/mol. The maximum atomic E-state index is 15.3. The summed E-state index contributed by atoms with van der Waals surface area (Å²) < 4.78 is 33.2. The van der Waals surface area contributed by atoms with E-state index >= 15 is 4.39 Å². The Labute approximate surface area is 350 Å². The normalized spacial score (nSPS) is 19.8. The van der Waals surface area contributed by atoms with E-state index in [-0.39, 0.29) is 28.9 Å². The van der Waals surface area contributed by atoms with Crippen LogP contribution in [0.3, 0.4) is 0 Å². The van der Waals surface area contributed by atoms with Gasteiger partial charge in [0.1, 0.15) is 41.6 Å². The predicted molar refractivity (Wildman–Crippen MR) is 225 cm³/mol. The van der Waals surface area contributed by atoms with Crippen LogP contribution in [0.5, 0.6) is 0 Å². The second-order valence-corrected chi connectivity index (χ2v) is 16.5. The first-order valence-corrected chi connectivity index (χ1v) is 21.1. The maximum absolute atomic E-state index is 15.3. The number of halogens is 2. The van der Waals surface area contributed by atoms with Gasteiger partial charge in [-0.25, -0.2) is 18.4 Å². The summed E-state index contributed by atoms with van der Waals surface area (Å²) in [7, 11) is 0. The van der Waals surface area contributed by atoms with Crippen LogP contribution in [0.15, 0.2) is 72.6 Å². The molecule has 4 saturated heterocycles. The van der Waals surface area contributed by atoms with Gasteiger partial charge in [-0.05, 0) is 93.3 Å². The molecule has 15 nitrogen and oxygen atoms in total. The number of benzene rings is 2. The number of aromatic nitrogens is 5. The third-order valence-electron chi connectivity index (χ3n) is 12.7. The SMILES string of the molecule is O=C=C1CC[C@H](NC(=O)c2ccc(N3CCC(CN4CCC(n5cc6cc(NC(=O)c7cccn8cnnc78)c(N7CCC(F)CC7)cc6n5)CC4)CC3)cc2F)C(=C=O)N1. The zero-order valence-electron chi connectivity index (χ0n) is 33.7. The number of nitrogens with one attached hydrogen (secondary N) is 3. The minimum absolute atomic E-state index is 0.0230. The van der Waals surface area contributed by atoms with Crippen LogP contribution in [0, 0.1) is 11.7 Å². The molecule has 4 fully saturated rings. The van der Waals surface area contributed by atoms with E-state index in [0.717, 1.165) is 80.7 Å². The highest BCUT2D eigenvalue weighted by Crippen LogP contribution is 2.36. The second-order valence-electron chi connectivity index (χ2n) is 16.5. The molecule has 4 aliphatic heterocycles. The number of fused-ring (bicyclic) bond motifs is 2. The molecule has 5 aromatic rings. The molecule has 0 unspecified atom stereocenters. The second kappa shape index (κ2) is 17.3. The number of nitrogens with zero attached hydrogens (tertiary/aromatic N) is 8. The molecule has 61 heavy (non-hydrogen) atoms. The number of allylic oxidation sites excluding steroid dienone is 1. The molecule has 2 amide bonds. The first-order valence-electron chi connectivity index (χ1n) is 21.1. The molecule has 1 atom stereocenters. The van der Waals surface area contributed by atoms with Crippen molar-refractivity contribution < 1.29 is 28.0 Å². The number of likely N-dealkylation sites (tertiary alicyclic amines) is 1. The smallest absolute Gasteiger partial charge is 0.259 e. The van der Waals surface area contributed by atoms with E-state index in [1.165, 1.54) is 12.1 Å². The number of alkyl halides is 1. The number of rotatable bonds is 9. The molecule has 0 spiro atoms. The molecule has 316 valence electrons. The number of carbonyl (C=O) groups is 2. The van der Waals surface area contributed by atoms with Crippen molar-refractivity contribution in [2.75, 3.05) is 60.9 Å². The third kappa shape index (κ3) is 8.49. The highest BCUT2D eigenvalue weighted by Gasteiger charge is 2.30. The Bertz CT molecular complexity index is 2560. The summed E-state index contributed by atoms with van der Waals surface area (Å²) in [6.45, 7) is 5.56. The zero-order valence-corrected chi connectivity index (χ0v) is 33.7. The van der Waals surface area contributed by atoms with Gasteiger partial charge in [-0.15, -0.1) is 10.2 Å². The lowest BCUT2D eigenvalue weighted by Gasteiger charge is -2.38. The molecule has 4 aliphatic rings. The van der Waals surface area contributed by atoms with E-state index in [4.69, 9.17) is 5.10 Å². The fraction of sp³-hybridized carbons (Fsp3) is 0.432. The predicted octanol–water partition coefficient (Wildman–Crippen LogP) is 4.88. The summed E-state index contributed by atoms with van der Waals surface area (Å²) in [5.41, 5.74) is 4.03. The van der Waals surface area contributed by atoms with Gasteiger partial charge in [0.25, 0.3) is 11.8 Å². The molecule has 0 bridgehead atoms. The Balaban J connectivity index is 0.795. The van der Waals surface area contributed by atoms with E-state index in [1.807, 2.05) is 12.1 Å². The summed E-state index contributed by atoms with van der Waals surface area (Å²) in [6, 6.07) is 11.7. The summed E-state index contributed by atoms with van der Waals surface area (Å²) in [4.78, 5) is 55.7. The number of amides is 2. The van der Waals surface area contributed by atoms with Crippen LogP contribution < -0.4 is 25.8 Å². The van der Waals surface area contributed by atoms with E-state index in [1.54, 1.807) is 47.0 Å². The highest BCUT2D eigenvalue weighted by molar-refractivity contribution is 6.10. The average Bonchev–Trinajstić information content (AvgIpc) is 3.94. The van der Waals surface area contributed by atoms with Gasteiger partial charge >= 0.3 is 0 Å². The Morgan fingerprint density at radius 1 is 0.869 bits per heavy atom. The molecular weight excluding hydrogens is 785 g/mol. The van der Waals surface area contributed by atoms with Crippen molar-refractivity contribution in [3.05, 3.63) is 89.5 Å². The Kier molecular flexibility index (Phi) is 11.3. The molecular formula is C44H47F2N11O4. The van der Waals surface area contributed by atoms with Crippen LogP contribution in [0.25, 0.3) is 16.6 Å². The summed E-state index contributed by atoms with van der Waals surface area (Å²) in [6.07, 6.45) is 9.91. The minimum Gasteiger partial charge on any atom is -0.371 e. The molecule has 3 aromatic heterocycles. The maximum Gasteiger partial charge on any atom is 0.259 e. The van der Waals surface area contributed by atoms with Gasteiger partial charge in [-0.2, -0.15) is 5.10 Å². The summed E-state index contributed by atoms with van der Waals surface area (Å²) in [5.74, 6) is 2.39. The highest BCUT2D eigenvalue weighted by atomic mass is 19.1. The molecule has 9 rings (SSSR count). The van der Waals surface area contributed by atoms with E-state index < -0.39 is 23.9 Å². The molecule has 0 aliphatic carbocycles. The van der Waals surface area contributed by atoms with Crippen LogP contribution >= 0.6 is 0 Å². The number of carbonyl (C=O) groups excluding carboxylic acids is 4. The topological polar surface area (TPSA) is 162 Å². The number of piperidine rings is 4. The van der Waals surface area contributed by atoms with Crippen molar-refractivity contribution in [2.45, 2.75) is 69.6 Å². The van der Waals surface area contributed by atoms with Crippen molar-refractivity contribution in [2.24, 2.45) is 5.92 Å².